The molecule has 0 fully saturated rings. The van der Waals surface area contributed by atoms with Crippen LogP contribution in [0.15, 0.2) is 39.3 Å². The molecule has 2 aromatic rings. The van der Waals surface area contributed by atoms with E-state index in [1.165, 1.54) is 0 Å². The van der Waals surface area contributed by atoms with Gasteiger partial charge in [-0.2, -0.15) is 5.26 Å². The summed E-state index contributed by atoms with van der Waals surface area (Å²) in [7, 11) is 0. The lowest BCUT2D eigenvalue weighted by Gasteiger charge is -2.10. The number of halogens is 4. The van der Waals surface area contributed by atoms with Gasteiger partial charge >= 0.3 is 0 Å². The predicted molar refractivity (Wildman–Crippen MR) is 83.1 cm³/mol. The van der Waals surface area contributed by atoms with Crippen LogP contribution in [0.4, 0.5) is 0 Å². The molecule has 0 aliphatic heterocycles. The number of hydrogen-bond donors (Lipinski definition) is 0. The van der Waals surface area contributed by atoms with E-state index in [2.05, 4.69) is 37.9 Å². The molecule has 96 valence electrons. The second-order valence-corrected chi connectivity index (χ2v) is 6.14. The molecule has 2 aromatic carbocycles. The third-order valence-electron chi connectivity index (χ3n) is 2.26. The largest absolute Gasteiger partial charge is 0.454 e. The van der Waals surface area contributed by atoms with E-state index in [9.17, 15) is 0 Å². The second-order valence-electron chi connectivity index (χ2n) is 3.55. The fraction of sp³-hybridized carbons (Fsp3) is 0. The van der Waals surface area contributed by atoms with Gasteiger partial charge in [0.05, 0.1) is 15.6 Å². The van der Waals surface area contributed by atoms with Crippen molar-refractivity contribution in [1.82, 2.24) is 0 Å². The first-order valence-corrected chi connectivity index (χ1v) is 7.37. The van der Waals surface area contributed by atoms with Crippen LogP contribution in [0.2, 0.25) is 10.0 Å². The number of nitriles is 1. The van der Waals surface area contributed by atoms with Gasteiger partial charge in [0.15, 0.2) is 0 Å². The number of rotatable bonds is 2. The molecule has 2 nitrogen and oxygen atoms in total. The van der Waals surface area contributed by atoms with Crippen molar-refractivity contribution >= 4 is 55.1 Å². The Morgan fingerprint density at radius 1 is 1.00 bits per heavy atom. The van der Waals surface area contributed by atoms with Crippen molar-refractivity contribution in [3.63, 3.8) is 0 Å². The van der Waals surface area contributed by atoms with Gasteiger partial charge in [0.2, 0.25) is 0 Å². The van der Waals surface area contributed by atoms with Crippen molar-refractivity contribution in [3.05, 3.63) is 54.9 Å². The highest BCUT2D eigenvalue weighted by Crippen LogP contribution is 2.37. The first kappa shape index (κ1) is 14.7. The van der Waals surface area contributed by atoms with E-state index in [1.54, 1.807) is 30.3 Å². The van der Waals surface area contributed by atoms with Crippen LogP contribution in [0.3, 0.4) is 0 Å². The average Bonchev–Trinajstić information content (AvgIpc) is 2.37. The maximum atomic E-state index is 9.07. The fourth-order valence-corrected chi connectivity index (χ4v) is 2.57. The highest BCUT2D eigenvalue weighted by Gasteiger charge is 2.11. The molecule has 0 spiro atoms. The average molecular weight is 422 g/mol. The van der Waals surface area contributed by atoms with Crippen LogP contribution >= 0.6 is 55.1 Å². The zero-order valence-electron chi connectivity index (χ0n) is 9.25. The third-order valence-corrected chi connectivity index (χ3v) is 4.24. The van der Waals surface area contributed by atoms with Crippen LogP contribution in [0.1, 0.15) is 5.56 Å². The van der Waals surface area contributed by atoms with Gasteiger partial charge in [0, 0.05) is 15.0 Å². The summed E-state index contributed by atoms with van der Waals surface area (Å²) in [5, 5.41) is 9.96. The summed E-state index contributed by atoms with van der Waals surface area (Å²) in [5.74, 6) is 0.819. The Balaban J connectivity index is 2.42. The molecule has 0 bridgehead atoms. The van der Waals surface area contributed by atoms with Gasteiger partial charge in [-0.15, -0.1) is 0 Å². The summed E-state index contributed by atoms with van der Waals surface area (Å²) in [6.07, 6.45) is 0. The molecule has 0 aromatic heterocycles. The minimum Gasteiger partial charge on any atom is -0.454 e. The van der Waals surface area contributed by atoms with E-state index < -0.39 is 0 Å². The zero-order valence-corrected chi connectivity index (χ0v) is 13.9. The summed E-state index contributed by atoms with van der Waals surface area (Å²) < 4.78 is 7.13. The maximum absolute atomic E-state index is 9.07. The number of benzene rings is 2. The van der Waals surface area contributed by atoms with Gasteiger partial charge in [-0.1, -0.05) is 39.1 Å². The molecular formula is C13H5Br2Cl2NO. The molecule has 0 atom stereocenters. The molecule has 0 heterocycles. The van der Waals surface area contributed by atoms with Gasteiger partial charge in [-0.05, 0) is 40.2 Å². The number of ether oxygens (including phenoxy) is 1. The predicted octanol–water partition coefficient (Wildman–Crippen LogP) is 6.18. The summed E-state index contributed by atoms with van der Waals surface area (Å²) >= 11 is 18.6. The van der Waals surface area contributed by atoms with Gasteiger partial charge in [-0.3, -0.25) is 0 Å². The molecule has 0 aliphatic carbocycles. The molecule has 0 saturated carbocycles. The standard InChI is InChI=1S/C13H5Br2Cl2NO/c14-8-1-2-12(7(3-8)6-18)19-13-5-10(16)9(15)4-11(13)17/h1-5H. The van der Waals surface area contributed by atoms with Gasteiger partial charge < -0.3 is 4.74 Å². The third kappa shape index (κ3) is 3.43. The Hall–Kier alpha value is -0.730. The van der Waals surface area contributed by atoms with E-state index in [0.29, 0.717) is 31.6 Å². The molecule has 19 heavy (non-hydrogen) atoms. The SMILES string of the molecule is N#Cc1cc(Br)ccc1Oc1cc(Cl)c(Br)cc1Cl. The van der Waals surface area contributed by atoms with Crippen molar-refractivity contribution in [2.75, 3.05) is 0 Å². The van der Waals surface area contributed by atoms with E-state index in [1.807, 2.05) is 0 Å². The minimum absolute atomic E-state index is 0.397. The normalized spacial score (nSPS) is 10.1. The molecule has 2 rings (SSSR count). The van der Waals surface area contributed by atoms with Crippen LogP contribution < -0.4 is 4.74 Å². The monoisotopic (exact) mass is 419 g/mol. The molecule has 0 unspecified atom stereocenters. The van der Waals surface area contributed by atoms with Crippen LogP contribution in [-0.2, 0) is 0 Å². The fourth-order valence-electron chi connectivity index (χ4n) is 1.38. The van der Waals surface area contributed by atoms with Crippen LogP contribution in [0.25, 0.3) is 0 Å². The van der Waals surface area contributed by atoms with E-state index in [0.717, 1.165) is 4.47 Å². The molecule has 0 saturated heterocycles. The first-order valence-electron chi connectivity index (χ1n) is 5.03. The maximum Gasteiger partial charge on any atom is 0.147 e. The Morgan fingerprint density at radius 2 is 1.74 bits per heavy atom. The lowest BCUT2D eigenvalue weighted by molar-refractivity contribution is 0.481. The Bertz CT molecular complexity index is 683. The molecular weight excluding hydrogens is 417 g/mol. The van der Waals surface area contributed by atoms with Crippen molar-refractivity contribution < 1.29 is 4.74 Å². The van der Waals surface area contributed by atoms with Crippen LogP contribution in [0.5, 0.6) is 11.5 Å². The zero-order chi connectivity index (χ0) is 14.0. The van der Waals surface area contributed by atoms with Crippen molar-refractivity contribution in [1.29, 1.82) is 5.26 Å². The van der Waals surface area contributed by atoms with Crippen LogP contribution in [0, 0.1) is 11.3 Å². The Kier molecular flexibility index (Phi) is 4.75. The molecule has 6 heteroatoms. The summed E-state index contributed by atoms with van der Waals surface area (Å²) in [6, 6.07) is 10.4. The minimum atomic E-state index is 0.397. The van der Waals surface area contributed by atoms with Crippen molar-refractivity contribution in [2.24, 2.45) is 0 Å². The highest BCUT2D eigenvalue weighted by molar-refractivity contribution is 9.10. The smallest absolute Gasteiger partial charge is 0.147 e. The number of nitrogens with zero attached hydrogens (tertiary/aromatic N) is 1. The quantitative estimate of drug-likeness (QED) is 0.542. The van der Waals surface area contributed by atoms with Crippen molar-refractivity contribution in [3.8, 4) is 17.6 Å². The Labute approximate surface area is 137 Å². The topological polar surface area (TPSA) is 33.0 Å². The molecule has 0 radical (unpaired) electrons. The van der Waals surface area contributed by atoms with Crippen molar-refractivity contribution in [2.45, 2.75) is 0 Å². The van der Waals surface area contributed by atoms with E-state index in [4.69, 9.17) is 33.2 Å². The van der Waals surface area contributed by atoms with Crippen LogP contribution in [-0.4, -0.2) is 0 Å². The summed E-state index contributed by atoms with van der Waals surface area (Å²) in [5.41, 5.74) is 0.407. The van der Waals surface area contributed by atoms with E-state index >= 15 is 0 Å². The number of hydrogen-bond acceptors (Lipinski definition) is 2. The lowest BCUT2D eigenvalue weighted by atomic mass is 10.2. The lowest BCUT2D eigenvalue weighted by Crippen LogP contribution is -1.89. The van der Waals surface area contributed by atoms with Gasteiger partial charge in [0.1, 0.15) is 17.6 Å². The van der Waals surface area contributed by atoms with Gasteiger partial charge in [0.25, 0.3) is 0 Å². The summed E-state index contributed by atoms with van der Waals surface area (Å²) in [6.45, 7) is 0. The second kappa shape index (κ2) is 6.15. The first-order chi connectivity index (χ1) is 9.01. The Morgan fingerprint density at radius 3 is 2.42 bits per heavy atom. The molecule has 0 N–H and O–H groups in total. The van der Waals surface area contributed by atoms with Gasteiger partial charge in [-0.25, -0.2) is 0 Å². The van der Waals surface area contributed by atoms with E-state index in [-0.39, 0.29) is 0 Å². The highest BCUT2D eigenvalue weighted by atomic mass is 79.9. The molecule has 0 amide bonds. The molecule has 0 aliphatic rings. The summed E-state index contributed by atoms with van der Waals surface area (Å²) in [4.78, 5) is 0.